The zero-order chi connectivity index (χ0) is 16.0. The SMILES string of the molecule is COc1cc(C(=O)O)c(NC(=O)CC#N)c(OC)c1OC. The van der Waals surface area contributed by atoms with Gasteiger partial charge in [0.05, 0.1) is 33.0 Å². The molecule has 0 bridgehead atoms. The molecular weight excluding hydrogens is 280 g/mol. The van der Waals surface area contributed by atoms with E-state index in [1.807, 2.05) is 0 Å². The number of amides is 1. The van der Waals surface area contributed by atoms with Crippen LogP contribution >= 0.6 is 0 Å². The van der Waals surface area contributed by atoms with Crippen molar-refractivity contribution in [2.24, 2.45) is 0 Å². The molecule has 8 nitrogen and oxygen atoms in total. The van der Waals surface area contributed by atoms with Crippen LogP contribution in [0.25, 0.3) is 0 Å². The normalized spacial score (nSPS) is 9.43. The standard InChI is InChI=1S/C13H14N2O6/c1-19-8-6-7(13(17)18)10(15-9(16)4-5-14)12(21-3)11(8)20-2/h6H,4H2,1-3H3,(H,15,16)(H,17,18). The molecule has 112 valence electrons. The number of anilines is 1. The number of nitrogens with zero attached hydrogens (tertiary/aromatic N) is 1. The van der Waals surface area contributed by atoms with Crippen LogP contribution in [-0.4, -0.2) is 38.3 Å². The van der Waals surface area contributed by atoms with Gasteiger partial charge >= 0.3 is 5.97 Å². The van der Waals surface area contributed by atoms with Crippen molar-refractivity contribution < 1.29 is 28.9 Å². The van der Waals surface area contributed by atoms with Gasteiger partial charge in [0.2, 0.25) is 11.7 Å². The number of aromatic carboxylic acids is 1. The lowest BCUT2D eigenvalue weighted by atomic mass is 10.1. The molecule has 0 aliphatic rings. The number of carboxylic acid groups (broad SMARTS) is 1. The van der Waals surface area contributed by atoms with Gasteiger partial charge in [-0.05, 0) is 0 Å². The number of hydrogen-bond donors (Lipinski definition) is 2. The smallest absolute Gasteiger partial charge is 0.338 e. The zero-order valence-corrected chi connectivity index (χ0v) is 11.7. The van der Waals surface area contributed by atoms with Crippen LogP contribution in [0.3, 0.4) is 0 Å². The van der Waals surface area contributed by atoms with Crippen molar-refractivity contribution in [2.75, 3.05) is 26.6 Å². The molecule has 0 unspecified atom stereocenters. The molecule has 1 rings (SSSR count). The molecule has 8 heteroatoms. The molecule has 1 aromatic rings. The first-order chi connectivity index (χ1) is 9.99. The van der Waals surface area contributed by atoms with Crippen molar-refractivity contribution in [3.05, 3.63) is 11.6 Å². The Balaban J connectivity index is 3.53. The monoisotopic (exact) mass is 294 g/mol. The number of methoxy groups -OCH3 is 3. The van der Waals surface area contributed by atoms with E-state index in [4.69, 9.17) is 19.5 Å². The van der Waals surface area contributed by atoms with Crippen LogP contribution in [0.2, 0.25) is 0 Å². The van der Waals surface area contributed by atoms with Crippen molar-refractivity contribution in [2.45, 2.75) is 6.42 Å². The second-order valence-corrected chi connectivity index (χ2v) is 3.76. The van der Waals surface area contributed by atoms with Gasteiger partial charge in [-0.25, -0.2) is 4.79 Å². The highest BCUT2D eigenvalue weighted by molar-refractivity contribution is 6.04. The minimum absolute atomic E-state index is 0.000500. The molecule has 0 aromatic heterocycles. The summed E-state index contributed by atoms with van der Waals surface area (Å²) in [7, 11) is 3.99. The molecule has 0 aliphatic carbocycles. The third kappa shape index (κ3) is 3.33. The minimum atomic E-state index is -1.29. The molecule has 0 heterocycles. The van der Waals surface area contributed by atoms with Gasteiger partial charge in [0.15, 0.2) is 11.5 Å². The van der Waals surface area contributed by atoms with E-state index in [-0.39, 0.29) is 28.5 Å². The number of hydrogen-bond acceptors (Lipinski definition) is 6. The summed E-state index contributed by atoms with van der Waals surface area (Å²) < 4.78 is 15.3. The van der Waals surface area contributed by atoms with Crippen LogP contribution in [0.15, 0.2) is 6.07 Å². The highest BCUT2D eigenvalue weighted by Crippen LogP contribution is 2.45. The third-order valence-electron chi connectivity index (χ3n) is 2.56. The van der Waals surface area contributed by atoms with Crippen LogP contribution < -0.4 is 19.5 Å². The van der Waals surface area contributed by atoms with Gasteiger partial charge < -0.3 is 24.6 Å². The molecule has 1 amide bonds. The average Bonchev–Trinajstić information content (AvgIpc) is 2.46. The number of carbonyl (C=O) groups excluding carboxylic acids is 1. The molecule has 0 saturated carbocycles. The third-order valence-corrected chi connectivity index (χ3v) is 2.56. The van der Waals surface area contributed by atoms with Gasteiger partial charge in [-0.15, -0.1) is 0 Å². The lowest BCUT2D eigenvalue weighted by molar-refractivity contribution is -0.115. The van der Waals surface area contributed by atoms with E-state index in [9.17, 15) is 14.7 Å². The van der Waals surface area contributed by atoms with Crippen LogP contribution in [0.1, 0.15) is 16.8 Å². The summed E-state index contributed by atoms with van der Waals surface area (Å²) in [5, 5.41) is 20.1. The summed E-state index contributed by atoms with van der Waals surface area (Å²) in [6, 6.07) is 2.87. The first-order valence-corrected chi connectivity index (χ1v) is 5.73. The molecule has 0 saturated heterocycles. The Morgan fingerprint density at radius 1 is 1.24 bits per heavy atom. The number of carbonyl (C=O) groups is 2. The Morgan fingerprint density at radius 2 is 1.86 bits per heavy atom. The van der Waals surface area contributed by atoms with Gasteiger partial charge in [-0.3, -0.25) is 4.79 Å². The Kier molecular flexibility index (Phi) is 5.37. The maximum absolute atomic E-state index is 11.6. The molecule has 2 N–H and O–H groups in total. The summed E-state index contributed by atoms with van der Waals surface area (Å²) in [6.07, 6.45) is -0.420. The fourth-order valence-electron chi connectivity index (χ4n) is 1.70. The summed E-state index contributed by atoms with van der Waals surface area (Å²) in [5.74, 6) is -1.67. The second-order valence-electron chi connectivity index (χ2n) is 3.76. The van der Waals surface area contributed by atoms with E-state index in [0.717, 1.165) is 0 Å². The van der Waals surface area contributed by atoms with E-state index in [1.165, 1.54) is 27.4 Å². The van der Waals surface area contributed by atoms with Crippen LogP contribution in [0.5, 0.6) is 17.2 Å². The zero-order valence-electron chi connectivity index (χ0n) is 11.7. The Morgan fingerprint density at radius 3 is 2.29 bits per heavy atom. The van der Waals surface area contributed by atoms with Gasteiger partial charge in [0, 0.05) is 6.07 Å². The Labute approximate surface area is 120 Å². The van der Waals surface area contributed by atoms with Crippen molar-refractivity contribution in [3.63, 3.8) is 0 Å². The summed E-state index contributed by atoms with van der Waals surface area (Å²) in [6.45, 7) is 0. The Hall–Kier alpha value is -2.95. The Bertz CT molecular complexity index is 606. The molecule has 0 spiro atoms. The van der Waals surface area contributed by atoms with Crippen molar-refractivity contribution in [3.8, 4) is 23.3 Å². The fourth-order valence-corrected chi connectivity index (χ4v) is 1.70. The predicted molar refractivity (Wildman–Crippen MR) is 71.9 cm³/mol. The molecule has 0 fully saturated rings. The lowest BCUT2D eigenvalue weighted by Gasteiger charge is -2.18. The predicted octanol–water partition coefficient (Wildman–Crippen LogP) is 1.26. The van der Waals surface area contributed by atoms with Gasteiger partial charge in [-0.2, -0.15) is 5.26 Å². The van der Waals surface area contributed by atoms with Crippen LogP contribution in [-0.2, 0) is 4.79 Å². The van der Waals surface area contributed by atoms with E-state index in [0.29, 0.717) is 0 Å². The van der Waals surface area contributed by atoms with Crippen molar-refractivity contribution in [1.82, 2.24) is 0 Å². The maximum atomic E-state index is 11.6. The van der Waals surface area contributed by atoms with E-state index in [1.54, 1.807) is 6.07 Å². The summed E-state index contributed by atoms with van der Waals surface area (Å²) >= 11 is 0. The second kappa shape index (κ2) is 7.00. The number of nitrogens with one attached hydrogen (secondary N) is 1. The summed E-state index contributed by atoms with van der Waals surface area (Å²) in [4.78, 5) is 22.9. The number of nitriles is 1. The van der Waals surface area contributed by atoms with E-state index < -0.39 is 18.3 Å². The van der Waals surface area contributed by atoms with E-state index in [2.05, 4.69) is 5.32 Å². The maximum Gasteiger partial charge on any atom is 0.338 e. The summed E-state index contributed by atoms with van der Waals surface area (Å²) in [5.41, 5.74) is -0.335. The lowest BCUT2D eigenvalue weighted by Crippen LogP contribution is -2.15. The minimum Gasteiger partial charge on any atom is -0.493 e. The largest absolute Gasteiger partial charge is 0.493 e. The first kappa shape index (κ1) is 16.1. The fraction of sp³-hybridized carbons (Fsp3) is 0.308. The highest BCUT2D eigenvalue weighted by Gasteiger charge is 2.25. The van der Waals surface area contributed by atoms with Crippen LogP contribution in [0, 0.1) is 11.3 Å². The molecule has 21 heavy (non-hydrogen) atoms. The van der Waals surface area contributed by atoms with Gasteiger partial charge in [0.25, 0.3) is 0 Å². The number of carboxylic acids is 1. The number of benzene rings is 1. The topological polar surface area (TPSA) is 118 Å². The average molecular weight is 294 g/mol. The molecule has 1 aromatic carbocycles. The first-order valence-electron chi connectivity index (χ1n) is 5.73. The van der Waals surface area contributed by atoms with Crippen LogP contribution in [0.4, 0.5) is 5.69 Å². The molecule has 0 atom stereocenters. The number of ether oxygens (including phenoxy) is 3. The van der Waals surface area contributed by atoms with Crippen molar-refractivity contribution in [1.29, 1.82) is 5.26 Å². The van der Waals surface area contributed by atoms with Crippen molar-refractivity contribution >= 4 is 17.6 Å². The highest BCUT2D eigenvalue weighted by atomic mass is 16.5. The molecule has 0 radical (unpaired) electrons. The number of rotatable bonds is 6. The van der Waals surface area contributed by atoms with Gasteiger partial charge in [0.1, 0.15) is 12.1 Å². The molecular formula is C13H14N2O6. The van der Waals surface area contributed by atoms with E-state index >= 15 is 0 Å². The quantitative estimate of drug-likeness (QED) is 0.810. The molecule has 0 aliphatic heterocycles. The van der Waals surface area contributed by atoms with Gasteiger partial charge in [-0.1, -0.05) is 0 Å².